The zero-order valence-corrected chi connectivity index (χ0v) is 19.8. The second-order valence-corrected chi connectivity index (χ2v) is 11.2. The molecule has 0 aliphatic carbocycles. The molecule has 2 aliphatic heterocycles. The van der Waals surface area contributed by atoms with E-state index in [1.165, 1.54) is 0 Å². The monoisotopic (exact) mass is 462 g/mol. The fraction of sp³-hybridized carbons (Fsp3) is 0.545. The van der Waals surface area contributed by atoms with E-state index in [1.807, 2.05) is 42.5 Å². The Hall–Kier alpha value is -1.97. The van der Waals surface area contributed by atoms with Crippen molar-refractivity contribution in [3.8, 4) is 0 Å². The summed E-state index contributed by atoms with van der Waals surface area (Å²) in [6.45, 7) is 7.73. The number of nitrogens with zero attached hydrogens (tertiary/aromatic N) is 4. The number of sulfonamides is 1. The minimum Gasteiger partial charge on any atom is -0.346 e. The van der Waals surface area contributed by atoms with Gasteiger partial charge in [-0.3, -0.25) is 4.79 Å². The molecule has 2 saturated heterocycles. The van der Waals surface area contributed by atoms with E-state index >= 15 is 0 Å². The Kier molecular flexibility index (Phi) is 6.64. The third-order valence-corrected chi connectivity index (χ3v) is 9.14. The molecule has 9 heteroatoms. The number of anilines is 1. The summed E-state index contributed by atoms with van der Waals surface area (Å²) >= 11 is 1.63. The number of hydrogen-bond acceptors (Lipinski definition) is 6. The van der Waals surface area contributed by atoms with Crippen molar-refractivity contribution in [2.45, 2.75) is 38.0 Å². The molecule has 3 heterocycles. The molecule has 0 N–H and O–H groups in total. The van der Waals surface area contributed by atoms with Gasteiger partial charge in [0.05, 0.1) is 4.90 Å². The highest BCUT2D eigenvalue weighted by Gasteiger charge is 2.34. The summed E-state index contributed by atoms with van der Waals surface area (Å²) < 4.78 is 27.8. The Morgan fingerprint density at radius 3 is 2.52 bits per heavy atom. The van der Waals surface area contributed by atoms with Crippen molar-refractivity contribution < 1.29 is 13.2 Å². The van der Waals surface area contributed by atoms with Gasteiger partial charge in [0.2, 0.25) is 15.9 Å². The van der Waals surface area contributed by atoms with Crippen LogP contribution in [-0.4, -0.2) is 67.8 Å². The van der Waals surface area contributed by atoms with Crippen LogP contribution in [0, 0.1) is 19.8 Å². The summed E-state index contributed by atoms with van der Waals surface area (Å²) in [5.41, 5.74) is 1.82. The van der Waals surface area contributed by atoms with Gasteiger partial charge in [0.25, 0.3) is 0 Å². The highest BCUT2D eigenvalue weighted by molar-refractivity contribution is 7.89. The average Bonchev–Trinajstić information content (AvgIpc) is 3.18. The Bertz CT molecular complexity index is 1020. The summed E-state index contributed by atoms with van der Waals surface area (Å²) in [5, 5.41) is 2.99. The van der Waals surface area contributed by atoms with Crippen molar-refractivity contribution in [2.75, 3.05) is 44.2 Å². The van der Waals surface area contributed by atoms with Gasteiger partial charge in [-0.1, -0.05) is 17.7 Å². The number of aryl methyl sites for hydroxylation is 2. The smallest absolute Gasteiger partial charge is 0.243 e. The van der Waals surface area contributed by atoms with Crippen LogP contribution in [0.3, 0.4) is 0 Å². The van der Waals surface area contributed by atoms with E-state index in [-0.39, 0.29) is 11.8 Å². The zero-order chi connectivity index (χ0) is 22.0. The third-order valence-electron chi connectivity index (χ3n) is 6.25. The highest BCUT2D eigenvalue weighted by atomic mass is 32.2. The van der Waals surface area contributed by atoms with Gasteiger partial charge >= 0.3 is 0 Å². The van der Waals surface area contributed by atoms with Crippen LogP contribution in [0.25, 0.3) is 0 Å². The van der Waals surface area contributed by atoms with Gasteiger partial charge < -0.3 is 9.80 Å². The Balaban J connectivity index is 1.35. The lowest BCUT2D eigenvalue weighted by atomic mass is 9.96. The van der Waals surface area contributed by atoms with Crippen LogP contribution in [0.5, 0.6) is 0 Å². The predicted molar refractivity (Wildman–Crippen MR) is 123 cm³/mol. The summed E-state index contributed by atoms with van der Waals surface area (Å²) in [6, 6.07) is 5.44. The van der Waals surface area contributed by atoms with Gasteiger partial charge in [0.1, 0.15) is 0 Å². The average molecular weight is 463 g/mol. The molecule has 2 aliphatic rings. The van der Waals surface area contributed by atoms with Gasteiger partial charge in [-0.05, 0) is 44.7 Å². The number of piperidine rings is 1. The number of aromatic nitrogens is 1. The minimum absolute atomic E-state index is 0.100. The van der Waals surface area contributed by atoms with Crippen molar-refractivity contribution in [1.29, 1.82) is 0 Å². The predicted octanol–water partition coefficient (Wildman–Crippen LogP) is 2.90. The molecule has 1 amide bonds. The summed E-state index contributed by atoms with van der Waals surface area (Å²) in [7, 11) is -3.53. The van der Waals surface area contributed by atoms with Crippen molar-refractivity contribution in [1.82, 2.24) is 14.2 Å². The van der Waals surface area contributed by atoms with Crippen molar-refractivity contribution in [2.24, 2.45) is 5.92 Å². The van der Waals surface area contributed by atoms with E-state index < -0.39 is 10.0 Å². The Morgan fingerprint density at radius 2 is 1.84 bits per heavy atom. The molecule has 0 spiro atoms. The maximum absolute atomic E-state index is 13.1. The number of benzene rings is 1. The van der Waals surface area contributed by atoms with Gasteiger partial charge in [0.15, 0.2) is 5.13 Å². The number of carbonyl (C=O) groups is 1. The van der Waals surface area contributed by atoms with Gasteiger partial charge in [0, 0.05) is 56.8 Å². The minimum atomic E-state index is -3.53. The second kappa shape index (κ2) is 9.26. The third kappa shape index (κ3) is 4.78. The van der Waals surface area contributed by atoms with E-state index in [1.54, 1.807) is 21.7 Å². The van der Waals surface area contributed by atoms with E-state index in [2.05, 4.69) is 9.88 Å². The van der Waals surface area contributed by atoms with Crippen LogP contribution in [0.4, 0.5) is 5.13 Å². The van der Waals surface area contributed by atoms with Crippen LogP contribution in [-0.2, 0) is 14.8 Å². The van der Waals surface area contributed by atoms with Crippen LogP contribution in [0.15, 0.2) is 34.7 Å². The number of amides is 1. The first-order valence-corrected chi connectivity index (χ1v) is 13.2. The lowest BCUT2D eigenvalue weighted by molar-refractivity contribution is -0.136. The quantitative estimate of drug-likeness (QED) is 0.699. The molecule has 1 aromatic heterocycles. The molecule has 2 fully saturated rings. The van der Waals surface area contributed by atoms with E-state index in [4.69, 9.17) is 0 Å². The SMILES string of the molecule is Cc1ccc(S(=O)(=O)N2CCC(C(=O)N3CCCN(c4nccs4)CC3)CC2)c(C)c1. The molecule has 7 nitrogen and oxygen atoms in total. The normalized spacial score (nSPS) is 19.4. The molecule has 2 aromatic rings. The van der Waals surface area contributed by atoms with Crippen LogP contribution < -0.4 is 4.90 Å². The molecule has 0 unspecified atom stereocenters. The molecule has 4 rings (SSSR count). The fourth-order valence-corrected chi connectivity index (χ4v) is 6.90. The first-order chi connectivity index (χ1) is 14.9. The van der Waals surface area contributed by atoms with Gasteiger partial charge in [-0.2, -0.15) is 4.31 Å². The lowest BCUT2D eigenvalue weighted by Crippen LogP contribution is -2.45. The Morgan fingerprint density at radius 1 is 1.06 bits per heavy atom. The fourth-order valence-electron chi connectivity index (χ4n) is 4.53. The largest absolute Gasteiger partial charge is 0.346 e. The molecule has 168 valence electrons. The lowest BCUT2D eigenvalue weighted by Gasteiger charge is -2.33. The van der Waals surface area contributed by atoms with E-state index in [0.29, 0.717) is 37.4 Å². The topological polar surface area (TPSA) is 73.8 Å². The van der Waals surface area contributed by atoms with Crippen molar-refractivity contribution in [3.63, 3.8) is 0 Å². The van der Waals surface area contributed by atoms with E-state index in [0.717, 1.165) is 42.3 Å². The summed E-state index contributed by atoms with van der Waals surface area (Å²) in [6.07, 6.45) is 3.89. The number of hydrogen-bond donors (Lipinski definition) is 0. The number of thiazole rings is 1. The Labute approximate surface area is 188 Å². The maximum Gasteiger partial charge on any atom is 0.243 e. The summed E-state index contributed by atoms with van der Waals surface area (Å²) in [4.78, 5) is 22.1. The van der Waals surface area contributed by atoms with Crippen molar-refractivity contribution >= 4 is 32.4 Å². The molecule has 0 atom stereocenters. The zero-order valence-electron chi connectivity index (χ0n) is 18.2. The number of carbonyl (C=O) groups excluding carboxylic acids is 1. The molecule has 0 radical (unpaired) electrons. The first-order valence-electron chi connectivity index (χ1n) is 10.9. The molecule has 1 aromatic carbocycles. The van der Waals surface area contributed by atoms with Crippen LogP contribution in [0.2, 0.25) is 0 Å². The standard InChI is InChI=1S/C22H30N4O3S2/c1-17-4-5-20(18(2)16-17)31(28,29)26-11-6-19(7-12-26)21(27)24-9-3-10-25(14-13-24)22-23-8-15-30-22/h4-5,8,15-16,19H,3,6-7,9-14H2,1-2H3. The van der Waals surface area contributed by atoms with Crippen molar-refractivity contribution in [3.05, 3.63) is 40.9 Å². The van der Waals surface area contributed by atoms with Crippen LogP contribution >= 0.6 is 11.3 Å². The molecule has 0 bridgehead atoms. The number of rotatable bonds is 4. The van der Waals surface area contributed by atoms with Crippen LogP contribution in [0.1, 0.15) is 30.4 Å². The molecular weight excluding hydrogens is 432 g/mol. The van der Waals surface area contributed by atoms with E-state index in [9.17, 15) is 13.2 Å². The highest BCUT2D eigenvalue weighted by Crippen LogP contribution is 2.28. The van der Waals surface area contributed by atoms with Gasteiger partial charge in [-0.15, -0.1) is 11.3 Å². The van der Waals surface area contributed by atoms with Gasteiger partial charge in [-0.25, -0.2) is 13.4 Å². The first kappa shape index (κ1) is 22.2. The maximum atomic E-state index is 13.1. The molecule has 0 saturated carbocycles. The summed E-state index contributed by atoms with van der Waals surface area (Å²) in [5.74, 6) is 0.0709. The molecule has 31 heavy (non-hydrogen) atoms. The second-order valence-electron chi connectivity index (χ2n) is 8.43. The molecular formula is C22H30N4O3S2.